The van der Waals surface area contributed by atoms with Crippen molar-refractivity contribution in [1.82, 2.24) is 0 Å². The molecule has 0 amide bonds. The second kappa shape index (κ2) is 6.99. The van der Waals surface area contributed by atoms with Crippen LogP contribution in [0.4, 0.5) is 5.69 Å². The molecule has 1 heterocycles. The zero-order chi connectivity index (χ0) is 15.2. The molecule has 0 fully saturated rings. The predicted octanol–water partition coefficient (Wildman–Crippen LogP) is 3.00. The average molecular weight is 305 g/mol. The van der Waals surface area contributed by atoms with Gasteiger partial charge in [0.1, 0.15) is 11.5 Å². The van der Waals surface area contributed by atoms with E-state index in [0.717, 1.165) is 11.4 Å². The van der Waals surface area contributed by atoms with Crippen molar-refractivity contribution in [2.75, 3.05) is 19.5 Å². The number of guanidine groups is 1. The highest BCUT2D eigenvalue weighted by molar-refractivity contribution is 7.10. The third-order valence-corrected chi connectivity index (χ3v) is 3.90. The number of ether oxygens (including phenoxy) is 2. The predicted molar refractivity (Wildman–Crippen MR) is 87.6 cm³/mol. The van der Waals surface area contributed by atoms with Crippen LogP contribution in [0.5, 0.6) is 11.5 Å². The summed E-state index contributed by atoms with van der Waals surface area (Å²) in [5, 5.41) is 5.14. The van der Waals surface area contributed by atoms with Gasteiger partial charge >= 0.3 is 0 Å². The zero-order valence-corrected chi connectivity index (χ0v) is 13.2. The van der Waals surface area contributed by atoms with Crippen molar-refractivity contribution in [2.45, 2.75) is 13.5 Å². The number of hydrogen-bond donors (Lipinski definition) is 2. The molecule has 6 heteroatoms. The van der Waals surface area contributed by atoms with Crippen molar-refractivity contribution >= 4 is 23.0 Å². The molecule has 5 nitrogen and oxygen atoms in total. The van der Waals surface area contributed by atoms with Crippen LogP contribution >= 0.6 is 11.3 Å². The van der Waals surface area contributed by atoms with Gasteiger partial charge in [-0.1, -0.05) is 0 Å². The van der Waals surface area contributed by atoms with Crippen molar-refractivity contribution in [3.05, 3.63) is 40.1 Å². The van der Waals surface area contributed by atoms with Gasteiger partial charge in [-0.2, -0.15) is 0 Å². The maximum Gasteiger partial charge on any atom is 0.193 e. The number of benzene rings is 1. The summed E-state index contributed by atoms with van der Waals surface area (Å²) >= 11 is 1.68. The number of nitrogens with zero attached hydrogens (tertiary/aromatic N) is 1. The maximum absolute atomic E-state index is 5.92. The van der Waals surface area contributed by atoms with Crippen LogP contribution in [0.25, 0.3) is 0 Å². The molecule has 0 aliphatic rings. The number of methoxy groups -OCH3 is 2. The van der Waals surface area contributed by atoms with Gasteiger partial charge < -0.3 is 20.5 Å². The summed E-state index contributed by atoms with van der Waals surface area (Å²) in [6, 6.07) is 7.56. The zero-order valence-electron chi connectivity index (χ0n) is 12.3. The first-order valence-electron chi connectivity index (χ1n) is 6.45. The molecule has 0 aliphatic carbocycles. The van der Waals surface area contributed by atoms with Crippen molar-refractivity contribution < 1.29 is 9.47 Å². The Morgan fingerprint density at radius 2 is 2.10 bits per heavy atom. The molecule has 1 aromatic carbocycles. The van der Waals surface area contributed by atoms with E-state index in [9.17, 15) is 0 Å². The Morgan fingerprint density at radius 3 is 2.71 bits per heavy atom. The largest absolute Gasteiger partial charge is 0.497 e. The fourth-order valence-electron chi connectivity index (χ4n) is 1.83. The molecule has 0 bridgehead atoms. The molecule has 3 N–H and O–H groups in total. The van der Waals surface area contributed by atoms with Crippen LogP contribution in [0.2, 0.25) is 0 Å². The lowest BCUT2D eigenvalue weighted by molar-refractivity contribution is 0.405. The minimum absolute atomic E-state index is 0.340. The molecule has 0 saturated carbocycles. The number of anilines is 1. The molecule has 0 spiro atoms. The number of aliphatic imine (C=N–C) groups is 1. The third-order valence-electron chi connectivity index (χ3n) is 2.86. The number of hydrogen-bond acceptors (Lipinski definition) is 4. The Balaban J connectivity index is 2.09. The highest BCUT2D eigenvalue weighted by atomic mass is 32.1. The van der Waals surface area contributed by atoms with E-state index in [1.807, 2.05) is 18.2 Å². The van der Waals surface area contributed by atoms with E-state index in [2.05, 4.69) is 28.7 Å². The van der Waals surface area contributed by atoms with Crippen molar-refractivity contribution in [3.8, 4) is 11.5 Å². The summed E-state index contributed by atoms with van der Waals surface area (Å²) in [6.45, 7) is 2.62. The van der Waals surface area contributed by atoms with Crippen molar-refractivity contribution in [1.29, 1.82) is 0 Å². The Hall–Kier alpha value is -2.21. The van der Waals surface area contributed by atoms with E-state index in [1.54, 1.807) is 25.6 Å². The summed E-state index contributed by atoms with van der Waals surface area (Å²) in [6.07, 6.45) is 0. The molecular formula is C15H19N3O2S. The van der Waals surface area contributed by atoms with Gasteiger partial charge in [0.25, 0.3) is 0 Å². The first kappa shape index (κ1) is 15.2. The van der Waals surface area contributed by atoms with Gasteiger partial charge in [0.2, 0.25) is 0 Å². The molecule has 112 valence electrons. The Kier molecular flexibility index (Phi) is 5.05. The van der Waals surface area contributed by atoms with Crippen LogP contribution in [0, 0.1) is 6.92 Å². The van der Waals surface area contributed by atoms with Gasteiger partial charge in [-0.25, -0.2) is 4.99 Å². The number of nitrogens with two attached hydrogens (primary N) is 1. The molecule has 0 atom stereocenters. The van der Waals surface area contributed by atoms with Crippen LogP contribution in [-0.4, -0.2) is 20.2 Å². The summed E-state index contributed by atoms with van der Waals surface area (Å²) < 4.78 is 10.5. The molecule has 21 heavy (non-hydrogen) atoms. The van der Waals surface area contributed by atoms with Gasteiger partial charge in [-0.15, -0.1) is 11.3 Å². The topological polar surface area (TPSA) is 68.9 Å². The van der Waals surface area contributed by atoms with Crippen LogP contribution < -0.4 is 20.5 Å². The summed E-state index contributed by atoms with van der Waals surface area (Å²) in [4.78, 5) is 5.51. The number of nitrogens with one attached hydrogen (secondary N) is 1. The van der Waals surface area contributed by atoms with Gasteiger partial charge in [-0.05, 0) is 36.1 Å². The lowest BCUT2D eigenvalue weighted by atomic mass is 10.2. The fraction of sp³-hybridized carbons (Fsp3) is 0.267. The van der Waals surface area contributed by atoms with Crippen LogP contribution in [-0.2, 0) is 6.54 Å². The van der Waals surface area contributed by atoms with Crippen LogP contribution in [0.15, 0.2) is 34.6 Å². The Morgan fingerprint density at radius 1 is 1.29 bits per heavy atom. The van der Waals surface area contributed by atoms with Crippen molar-refractivity contribution in [3.63, 3.8) is 0 Å². The maximum atomic E-state index is 5.92. The van der Waals surface area contributed by atoms with E-state index in [1.165, 1.54) is 10.4 Å². The average Bonchev–Trinajstić information content (AvgIpc) is 2.90. The van der Waals surface area contributed by atoms with Gasteiger partial charge in [0, 0.05) is 10.9 Å². The third kappa shape index (κ3) is 4.13. The number of thiophene rings is 1. The molecule has 2 aromatic rings. The monoisotopic (exact) mass is 305 g/mol. The second-order valence-corrected chi connectivity index (χ2v) is 5.48. The normalized spacial score (nSPS) is 11.3. The van der Waals surface area contributed by atoms with E-state index < -0.39 is 0 Å². The van der Waals surface area contributed by atoms with E-state index >= 15 is 0 Å². The van der Waals surface area contributed by atoms with E-state index in [0.29, 0.717) is 18.3 Å². The Labute approximate surface area is 128 Å². The molecule has 0 radical (unpaired) electrons. The van der Waals surface area contributed by atoms with E-state index in [-0.39, 0.29) is 0 Å². The molecule has 0 saturated heterocycles. The lowest BCUT2D eigenvalue weighted by Gasteiger charge is -2.12. The minimum atomic E-state index is 0.340. The van der Waals surface area contributed by atoms with E-state index in [4.69, 9.17) is 15.2 Å². The molecular weight excluding hydrogens is 286 g/mol. The lowest BCUT2D eigenvalue weighted by Crippen LogP contribution is -2.22. The summed E-state index contributed by atoms with van der Waals surface area (Å²) in [5.74, 6) is 1.74. The first-order chi connectivity index (χ1) is 10.1. The SMILES string of the molecule is COc1ccc(OC)c(NC(N)=NCc2cc(C)cs2)c1. The smallest absolute Gasteiger partial charge is 0.193 e. The highest BCUT2D eigenvalue weighted by Crippen LogP contribution is 2.28. The molecule has 1 aromatic heterocycles. The number of rotatable bonds is 5. The molecule has 0 unspecified atom stereocenters. The quantitative estimate of drug-likeness (QED) is 0.658. The standard InChI is InChI=1S/C15H19N3O2S/c1-10-6-12(21-9-10)8-17-15(16)18-13-7-11(19-2)4-5-14(13)20-3/h4-7,9H,8H2,1-3H3,(H3,16,17,18). The van der Waals surface area contributed by atoms with Gasteiger partial charge in [-0.3, -0.25) is 0 Å². The van der Waals surface area contributed by atoms with Crippen LogP contribution in [0.1, 0.15) is 10.4 Å². The number of aryl methyl sites for hydroxylation is 1. The Bertz CT molecular complexity index is 638. The molecule has 2 rings (SSSR count). The minimum Gasteiger partial charge on any atom is -0.497 e. The first-order valence-corrected chi connectivity index (χ1v) is 7.33. The second-order valence-electron chi connectivity index (χ2n) is 4.48. The summed E-state index contributed by atoms with van der Waals surface area (Å²) in [7, 11) is 3.22. The van der Waals surface area contributed by atoms with Crippen molar-refractivity contribution in [2.24, 2.45) is 10.7 Å². The molecule has 0 aliphatic heterocycles. The highest BCUT2D eigenvalue weighted by Gasteiger charge is 2.06. The summed E-state index contributed by atoms with van der Waals surface area (Å²) in [5.41, 5.74) is 7.89. The van der Waals surface area contributed by atoms with Gasteiger partial charge in [0.15, 0.2) is 5.96 Å². The van der Waals surface area contributed by atoms with Gasteiger partial charge in [0.05, 0.1) is 26.5 Å². The fourth-order valence-corrected chi connectivity index (χ4v) is 2.62. The van der Waals surface area contributed by atoms with Crippen LogP contribution in [0.3, 0.4) is 0 Å².